The van der Waals surface area contributed by atoms with Crippen molar-refractivity contribution in [3.63, 3.8) is 0 Å². The predicted molar refractivity (Wildman–Crippen MR) is 135 cm³/mol. The number of rotatable bonds is 9. The van der Waals surface area contributed by atoms with E-state index < -0.39 is 11.6 Å². The van der Waals surface area contributed by atoms with E-state index >= 15 is 0 Å². The minimum Gasteiger partial charge on any atom is -0.444 e. The first kappa shape index (κ1) is 25.7. The van der Waals surface area contributed by atoms with Crippen LogP contribution >= 0.6 is 28.1 Å². The van der Waals surface area contributed by atoms with Crippen molar-refractivity contribution in [2.24, 2.45) is 5.92 Å². The SMILES string of the molecule is C=C(C)C[C@](NC(=S)NC(=O)OCc1ccccc1)(C(=O)CC(C)C)c1ccc(Br)cc1. The third-order valence-electron chi connectivity index (χ3n) is 4.73. The zero-order chi connectivity index (χ0) is 23.7. The van der Waals surface area contributed by atoms with Crippen LogP contribution in [0.1, 0.15) is 44.7 Å². The summed E-state index contributed by atoms with van der Waals surface area (Å²) in [6, 6.07) is 16.8. The molecule has 0 aromatic heterocycles. The molecule has 7 heteroatoms. The highest BCUT2D eigenvalue weighted by Gasteiger charge is 2.40. The van der Waals surface area contributed by atoms with Crippen LogP contribution in [0.4, 0.5) is 4.79 Å². The number of nitrogens with one attached hydrogen (secondary N) is 2. The molecule has 2 aromatic rings. The zero-order valence-corrected chi connectivity index (χ0v) is 21.0. The van der Waals surface area contributed by atoms with Crippen molar-refractivity contribution in [2.45, 2.75) is 45.8 Å². The van der Waals surface area contributed by atoms with Crippen LogP contribution in [0, 0.1) is 5.92 Å². The smallest absolute Gasteiger partial charge is 0.413 e. The van der Waals surface area contributed by atoms with Crippen molar-refractivity contribution < 1.29 is 14.3 Å². The lowest BCUT2D eigenvalue weighted by Gasteiger charge is -2.36. The summed E-state index contributed by atoms with van der Waals surface area (Å²) in [5.41, 5.74) is 1.27. The molecule has 1 atom stereocenters. The van der Waals surface area contributed by atoms with Crippen molar-refractivity contribution in [2.75, 3.05) is 0 Å². The molecular formula is C25H29BrN2O3S. The summed E-state index contributed by atoms with van der Waals surface area (Å²) in [4.78, 5) is 25.8. The number of ketones is 1. The first-order valence-corrected chi connectivity index (χ1v) is 11.6. The largest absolute Gasteiger partial charge is 0.444 e. The van der Waals surface area contributed by atoms with Gasteiger partial charge in [0.2, 0.25) is 0 Å². The van der Waals surface area contributed by atoms with Gasteiger partial charge < -0.3 is 10.1 Å². The van der Waals surface area contributed by atoms with Crippen LogP contribution in [0.3, 0.4) is 0 Å². The summed E-state index contributed by atoms with van der Waals surface area (Å²) in [5, 5.41) is 5.68. The molecule has 0 aliphatic heterocycles. The van der Waals surface area contributed by atoms with Gasteiger partial charge in [-0.25, -0.2) is 4.79 Å². The van der Waals surface area contributed by atoms with Gasteiger partial charge in [0.15, 0.2) is 10.9 Å². The van der Waals surface area contributed by atoms with Crippen LogP contribution in [0.15, 0.2) is 71.2 Å². The second-order valence-electron chi connectivity index (χ2n) is 8.21. The van der Waals surface area contributed by atoms with E-state index in [4.69, 9.17) is 17.0 Å². The Hall–Kier alpha value is -2.51. The Morgan fingerprint density at radius 3 is 2.31 bits per heavy atom. The van der Waals surface area contributed by atoms with Crippen molar-refractivity contribution >= 4 is 45.1 Å². The number of amides is 1. The normalized spacial score (nSPS) is 12.5. The molecular weight excluding hydrogens is 488 g/mol. The van der Waals surface area contributed by atoms with Gasteiger partial charge >= 0.3 is 6.09 Å². The molecule has 0 saturated carbocycles. The summed E-state index contributed by atoms with van der Waals surface area (Å²) in [6.07, 6.45) is -0.0129. The van der Waals surface area contributed by atoms with Crippen molar-refractivity contribution in [3.8, 4) is 0 Å². The minimum atomic E-state index is -1.15. The van der Waals surface area contributed by atoms with Crippen LogP contribution in [-0.2, 0) is 21.7 Å². The Morgan fingerprint density at radius 2 is 1.75 bits per heavy atom. The Morgan fingerprint density at radius 1 is 1.12 bits per heavy atom. The molecule has 0 saturated heterocycles. The number of benzene rings is 2. The number of Topliss-reactive ketones (excluding diaryl/α,β-unsaturated/α-hetero) is 1. The van der Waals surface area contributed by atoms with E-state index in [-0.39, 0.29) is 23.4 Å². The number of alkyl carbamates (subject to hydrolysis) is 1. The van der Waals surface area contributed by atoms with Gasteiger partial charge in [-0.15, -0.1) is 6.58 Å². The Balaban J connectivity index is 2.24. The summed E-state index contributed by atoms with van der Waals surface area (Å²) in [6.45, 7) is 9.98. The lowest BCUT2D eigenvalue weighted by Crippen LogP contribution is -2.56. The van der Waals surface area contributed by atoms with E-state index in [1.165, 1.54) is 0 Å². The molecule has 1 amide bonds. The average molecular weight is 517 g/mol. The number of carbonyl (C=O) groups is 2. The Labute approximate surface area is 203 Å². The molecule has 0 aliphatic carbocycles. The molecule has 2 rings (SSSR count). The van der Waals surface area contributed by atoms with Crippen molar-refractivity contribution in [1.29, 1.82) is 0 Å². The number of carbonyl (C=O) groups excluding carboxylic acids is 2. The predicted octanol–water partition coefficient (Wildman–Crippen LogP) is 6.03. The first-order valence-electron chi connectivity index (χ1n) is 10.4. The van der Waals surface area contributed by atoms with Crippen LogP contribution in [-0.4, -0.2) is 17.0 Å². The number of halogens is 1. The monoisotopic (exact) mass is 516 g/mol. The molecule has 0 unspecified atom stereocenters. The van der Waals surface area contributed by atoms with Gasteiger partial charge in [0.1, 0.15) is 12.1 Å². The van der Waals surface area contributed by atoms with Gasteiger partial charge in [-0.2, -0.15) is 0 Å². The maximum absolute atomic E-state index is 13.5. The van der Waals surface area contributed by atoms with Crippen molar-refractivity contribution in [1.82, 2.24) is 10.6 Å². The van der Waals surface area contributed by atoms with Gasteiger partial charge in [-0.1, -0.05) is 77.8 Å². The minimum absolute atomic E-state index is 0.0179. The fourth-order valence-electron chi connectivity index (χ4n) is 3.36. The van der Waals surface area contributed by atoms with Gasteiger partial charge in [-0.05, 0) is 48.3 Å². The average Bonchev–Trinajstić information content (AvgIpc) is 2.72. The van der Waals surface area contributed by atoms with Gasteiger partial charge in [0.05, 0.1) is 0 Å². The second kappa shape index (κ2) is 11.9. The molecule has 2 aromatic carbocycles. The topological polar surface area (TPSA) is 67.4 Å². The van der Waals surface area contributed by atoms with E-state index in [0.29, 0.717) is 12.8 Å². The maximum atomic E-state index is 13.5. The van der Waals surface area contributed by atoms with Gasteiger partial charge in [-0.3, -0.25) is 10.1 Å². The third kappa shape index (κ3) is 7.57. The molecule has 0 radical (unpaired) electrons. The molecule has 32 heavy (non-hydrogen) atoms. The highest BCUT2D eigenvalue weighted by Crippen LogP contribution is 2.32. The molecule has 0 bridgehead atoms. The molecule has 170 valence electrons. The Kier molecular flexibility index (Phi) is 9.60. The van der Waals surface area contributed by atoms with Crippen LogP contribution in [0.5, 0.6) is 0 Å². The second-order valence-corrected chi connectivity index (χ2v) is 9.53. The lowest BCUT2D eigenvalue weighted by molar-refractivity contribution is -0.126. The molecule has 0 heterocycles. The fraction of sp³-hybridized carbons (Fsp3) is 0.320. The van der Waals surface area contributed by atoms with E-state index in [0.717, 1.165) is 21.2 Å². The van der Waals surface area contributed by atoms with Crippen molar-refractivity contribution in [3.05, 3.63) is 82.3 Å². The molecule has 5 nitrogen and oxygen atoms in total. The van der Waals surface area contributed by atoms with E-state index in [1.807, 2.05) is 75.4 Å². The highest BCUT2D eigenvalue weighted by molar-refractivity contribution is 9.10. The van der Waals surface area contributed by atoms with Gasteiger partial charge in [0.25, 0.3) is 0 Å². The summed E-state index contributed by atoms with van der Waals surface area (Å²) < 4.78 is 6.15. The van der Waals surface area contributed by atoms with Crippen LogP contribution in [0.2, 0.25) is 0 Å². The molecule has 0 spiro atoms. The maximum Gasteiger partial charge on any atom is 0.413 e. The molecule has 0 aliphatic rings. The first-order chi connectivity index (χ1) is 15.1. The quantitative estimate of drug-likeness (QED) is 0.314. The zero-order valence-electron chi connectivity index (χ0n) is 18.6. The summed E-state index contributed by atoms with van der Waals surface area (Å²) >= 11 is 8.84. The number of hydrogen-bond acceptors (Lipinski definition) is 4. The van der Waals surface area contributed by atoms with Gasteiger partial charge in [0, 0.05) is 17.3 Å². The van der Waals surface area contributed by atoms with E-state index in [2.05, 4.69) is 33.1 Å². The number of ether oxygens (including phenoxy) is 1. The number of thiocarbonyl (C=S) groups is 1. The lowest BCUT2D eigenvalue weighted by atomic mass is 9.78. The standard InChI is InChI=1S/C25H29BrN2O3S/c1-17(2)14-22(29)25(15-18(3)4,20-10-12-21(26)13-11-20)28-23(32)27-24(30)31-16-19-8-6-5-7-9-19/h5-13,17H,3,14-16H2,1-2,4H3,(H2,27,28,30,32)/t25-/m1/s1. The Bertz CT molecular complexity index is 961. The van der Waals surface area contributed by atoms with E-state index in [1.54, 1.807) is 0 Å². The van der Waals surface area contributed by atoms with Crippen LogP contribution < -0.4 is 10.6 Å². The fourth-order valence-corrected chi connectivity index (χ4v) is 3.88. The van der Waals surface area contributed by atoms with E-state index in [9.17, 15) is 9.59 Å². The third-order valence-corrected chi connectivity index (χ3v) is 5.46. The highest BCUT2D eigenvalue weighted by atomic mass is 79.9. The number of hydrogen-bond donors (Lipinski definition) is 2. The van der Waals surface area contributed by atoms with Crippen LogP contribution in [0.25, 0.3) is 0 Å². The summed E-state index contributed by atoms with van der Waals surface area (Å²) in [5.74, 6) is 0.126. The molecule has 2 N–H and O–H groups in total. The summed E-state index contributed by atoms with van der Waals surface area (Å²) in [7, 11) is 0. The molecule has 0 fully saturated rings.